The number of benzene rings is 2. The lowest BCUT2D eigenvalue weighted by Gasteiger charge is -2.34. The summed E-state index contributed by atoms with van der Waals surface area (Å²) in [5, 5.41) is 9.20. The quantitative estimate of drug-likeness (QED) is 0.120. The van der Waals surface area contributed by atoms with Crippen LogP contribution in [0.5, 0.6) is 0 Å². The van der Waals surface area contributed by atoms with Crippen LogP contribution >= 0.6 is 11.6 Å². The predicted octanol–water partition coefficient (Wildman–Crippen LogP) is 3.20. The van der Waals surface area contributed by atoms with Gasteiger partial charge in [0.1, 0.15) is 35.5 Å². The molecule has 0 unspecified atom stereocenters. The Morgan fingerprint density at radius 2 is 1.18 bits per heavy atom. The minimum atomic E-state index is -3.74. The van der Waals surface area contributed by atoms with Gasteiger partial charge < -0.3 is 34.6 Å². The number of rotatable bonds is 7. The van der Waals surface area contributed by atoms with Crippen molar-refractivity contribution in [3.8, 4) is 11.2 Å². The molecule has 14 nitrogen and oxygen atoms in total. The van der Waals surface area contributed by atoms with E-state index in [9.17, 15) is 31.2 Å². The summed E-state index contributed by atoms with van der Waals surface area (Å²) in [5.74, 6) is 3.95. The second-order valence-corrected chi connectivity index (χ2v) is 22.6. The monoisotopic (exact) mass is 1100 g/mol. The highest BCUT2D eigenvalue weighted by atomic mass is 127. The second-order valence-electron chi connectivity index (χ2n) is 18.6. The fourth-order valence-electron chi connectivity index (χ4n) is 9.75. The number of amidine groups is 2. The SMILES string of the molecule is C[n+]1ccccc1Cl.Cc1ccccc1C#CS(=O)(=O)N1CCC2(CC1)N=C(C1CCCCC1)NC2=O.Cc1ccccc1C(=O)CS(=O)(=O)N1CCC2(CC1)N=C(C1CCCCC1)NC2=O.[I-]. The molecule has 68 heavy (non-hydrogen) atoms. The maximum atomic E-state index is 12.8. The number of carbonyl (C=O) groups excluding carboxylic acids is 3. The van der Waals surface area contributed by atoms with Crippen molar-refractivity contribution in [1.82, 2.24) is 19.2 Å². The van der Waals surface area contributed by atoms with Gasteiger partial charge in [-0.05, 0) is 106 Å². The zero-order valence-electron chi connectivity index (χ0n) is 39.2. The number of aryl methyl sites for hydroxylation is 3. The number of nitrogens with one attached hydrogen (secondary N) is 2. The van der Waals surface area contributed by atoms with Crippen molar-refractivity contribution in [2.45, 2.75) is 115 Å². The zero-order valence-corrected chi connectivity index (χ0v) is 43.7. The van der Waals surface area contributed by atoms with E-state index in [0.29, 0.717) is 48.6 Å². The number of hydrogen-bond donors (Lipinski definition) is 2. The van der Waals surface area contributed by atoms with Gasteiger partial charge in [0.25, 0.3) is 27.0 Å². The van der Waals surface area contributed by atoms with Crippen molar-refractivity contribution in [3.05, 3.63) is 100 Å². The van der Waals surface area contributed by atoms with Gasteiger partial charge in [0, 0.05) is 66.5 Å². The molecule has 2 aliphatic carbocycles. The number of Topliss-reactive ketones (excluding diaryl/α,β-unsaturated/α-hetero) is 1. The molecule has 6 aliphatic rings. The van der Waals surface area contributed by atoms with Crippen molar-refractivity contribution in [3.63, 3.8) is 0 Å². The molecule has 2 spiro atoms. The third-order valence-electron chi connectivity index (χ3n) is 14.0. The molecule has 5 heterocycles. The van der Waals surface area contributed by atoms with Gasteiger partial charge in [0.05, 0.1) is 0 Å². The normalized spacial score (nSPS) is 20.8. The van der Waals surface area contributed by atoms with Gasteiger partial charge in [-0.25, -0.2) is 12.7 Å². The molecule has 2 saturated heterocycles. The molecule has 4 fully saturated rings. The fourth-order valence-corrected chi connectivity index (χ4v) is 12.3. The van der Waals surface area contributed by atoms with E-state index in [-0.39, 0.29) is 62.0 Å². The summed E-state index contributed by atoms with van der Waals surface area (Å²) in [6, 6.07) is 20.2. The Balaban J connectivity index is 0.000000190. The first-order chi connectivity index (χ1) is 32.0. The van der Waals surface area contributed by atoms with Crippen LogP contribution in [0, 0.1) is 36.9 Å². The van der Waals surface area contributed by atoms with Crippen LogP contribution in [-0.4, -0.2) is 97.7 Å². The lowest BCUT2D eigenvalue weighted by Crippen LogP contribution is -3.00. The molecule has 4 aliphatic heterocycles. The number of ketones is 1. The number of piperidine rings is 2. The van der Waals surface area contributed by atoms with Crippen molar-refractivity contribution < 1.29 is 59.8 Å². The maximum Gasteiger partial charge on any atom is 0.283 e. The first-order valence-electron chi connectivity index (χ1n) is 23.6. The minimum Gasteiger partial charge on any atom is -1.00 e. The molecule has 3 aromatic rings. The first kappa shape index (κ1) is 53.3. The molecular formula is C50H63ClIN7O7S2. The highest BCUT2D eigenvalue weighted by molar-refractivity contribution is 7.93. The van der Waals surface area contributed by atoms with E-state index in [1.54, 1.807) is 25.1 Å². The van der Waals surface area contributed by atoms with E-state index in [0.717, 1.165) is 66.5 Å². The Hall–Kier alpha value is -4.06. The van der Waals surface area contributed by atoms with Crippen molar-refractivity contribution in [2.24, 2.45) is 28.9 Å². The Morgan fingerprint density at radius 3 is 1.65 bits per heavy atom. The molecule has 0 atom stereocenters. The predicted molar refractivity (Wildman–Crippen MR) is 260 cm³/mol. The standard InChI is InChI=1S/C22H29N3O4S.C22H27N3O3S.C6H7ClN.HI/c1-16-7-5-6-10-18(16)19(26)15-30(28,29)25-13-11-22(12-14-25)21(27)23-20(24-22)17-8-3-2-4-9-17;1-17-7-5-6-8-18(17)11-16-29(27,28)25-14-12-22(13-15-25)21(26)23-20(24-22)19-9-3-2-4-10-19;1-8-5-3-2-4-6(8)7;/h5-7,10,17H,2-4,8-9,11-15H2,1H3,(H,23,24,27);5-8,19H,2-4,9-10,12-15H2,1H3,(H,23,24,26);2-5H,1H3;1H/q;;+1;/p-1. The Bertz CT molecular complexity index is 2650. The number of aliphatic imine (C=N–C) groups is 2. The van der Waals surface area contributed by atoms with Crippen LogP contribution < -0.4 is 39.2 Å². The number of hydrogen-bond acceptors (Lipinski definition) is 9. The Morgan fingerprint density at radius 1 is 0.706 bits per heavy atom. The second kappa shape index (κ2) is 23.2. The van der Waals surface area contributed by atoms with E-state index in [2.05, 4.69) is 21.8 Å². The van der Waals surface area contributed by atoms with Gasteiger partial charge in [0.15, 0.2) is 12.0 Å². The summed E-state index contributed by atoms with van der Waals surface area (Å²) < 4.78 is 55.6. The number of nitrogens with zero attached hydrogens (tertiary/aromatic N) is 5. The van der Waals surface area contributed by atoms with Gasteiger partial charge in [-0.2, -0.15) is 17.3 Å². The number of halogens is 2. The maximum absolute atomic E-state index is 12.8. The van der Waals surface area contributed by atoms with Crippen LogP contribution in [0.2, 0.25) is 5.15 Å². The summed E-state index contributed by atoms with van der Waals surface area (Å²) in [7, 11) is -5.54. The highest BCUT2D eigenvalue weighted by Gasteiger charge is 2.50. The lowest BCUT2D eigenvalue weighted by atomic mass is 9.88. The van der Waals surface area contributed by atoms with Gasteiger partial charge >= 0.3 is 0 Å². The van der Waals surface area contributed by atoms with Crippen LogP contribution in [-0.2, 0) is 36.7 Å². The van der Waals surface area contributed by atoms with E-state index in [1.807, 2.05) is 73.3 Å². The van der Waals surface area contributed by atoms with Crippen molar-refractivity contribution >= 4 is 60.9 Å². The van der Waals surface area contributed by atoms with E-state index in [1.165, 1.54) is 34.3 Å². The van der Waals surface area contributed by atoms with Gasteiger partial charge in [-0.3, -0.25) is 24.4 Å². The van der Waals surface area contributed by atoms with E-state index in [4.69, 9.17) is 21.6 Å². The first-order valence-corrected chi connectivity index (χ1v) is 27.0. The molecule has 1 aromatic heterocycles. The zero-order chi connectivity index (χ0) is 47.8. The lowest BCUT2D eigenvalue weighted by molar-refractivity contribution is -0.669. The molecule has 0 bridgehead atoms. The van der Waals surface area contributed by atoms with E-state index >= 15 is 0 Å². The molecule has 366 valence electrons. The van der Waals surface area contributed by atoms with Crippen LogP contribution in [0.1, 0.15) is 117 Å². The number of amides is 2. The fraction of sp³-hybridized carbons (Fsp3) is 0.520. The van der Waals surface area contributed by atoms with Crippen molar-refractivity contribution in [1.29, 1.82) is 0 Å². The summed E-state index contributed by atoms with van der Waals surface area (Å²) in [6.07, 6.45) is 14.8. The summed E-state index contributed by atoms with van der Waals surface area (Å²) in [6.45, 7) is 4.64. The summed E-state index contributed by atoms with van der Waals surface area (Å²) in [4.78, 5) is 47.5. The van der Waals surface area contributed by atoms with Crippen LogP contribution in [0.25, 0.3) is 0 Å². The summed E-state index contributed by atoms with van der Waals surface area (Å²) in [5.41, 5.74) is 1.21. The summed E-state index contributed by atoms with van der Waals surface area (Å²) >= 11 is 5.67. The minimum absolute atomic E-state index is 0. The van der Waals surface area contributed by atoms with Crippen LogP contribution in [0.4, 0.5) is 0 Å². The number of pyridine rings is 1. The number of aromatic nitrogens is 1. The van der Waals surface area contributed by atoms with Gasteiger partial charge in [0.2, 0.25) is 10.0 Å². The molecule has 9 rings (SSSR count). The number of sulfonamides is 2. The number of carbonyl (C=O) groups is 3. The molecule has 18 heteroatoms. The van der Waals surface area contributed by atoms with Crippen molar-refractivity contribution in [2.75, 3.05) is 31.9 Å². The Labute approximate surface area is 424 Å². The van der Waals surface area contributed by atoms with Crippen LogP contribution in [0.3, 0.4) is 0 Å². The Kier molecular flexibility index (Phi) is 18.2. The molecular weight excluding hydrogens is 1040 g/mol. The molecule has 2 amide bonds. The van der Waals surface area contributed by atoms with Crippen LogP contribution in [0.15, 0.2) is 82.9 Å². The molecule has 2 N–H and O–H groups in total. The van der Waals surface area contributed by atoms with Gasteiger partial charge in [-0.1, -0.05) is 81.0 Å². The third kappa shape index (κ3) is 12.8. The molecule has 2 saturated carbocycles. The highest BCUT2D eigenvalue weighted by Crippen LogP contribution is 2.36. The van der Waals surface area contributed by atoms with Gasteiger partial charge in [-0.15, -0.1) is 0 Å². The molecule has 2 aromatic carbocycles. The van der Waals surface area contributed by atoms with E-state index < -0.39 is 42.7 Å². The average molecular weight is 1100 g/mol. The smallest absolute Gasteiger partial charge is 0.283 e. The molecule has 0 radical (unpaired) electrons. The third-order valence-corrected chi connectivity index (χ3v) is 17.6. The largest absolute Gasteiger partial charge is 1.00 e. The topological polar surface area (TPSA) is 179 Å². The average Bonchev–Trinajstić information content (AvgIpc) is 3.82.